The Balaban J connectivity index is 1.18. The first-order valence-electron chi connectivity index (χ1n) is 18.7. The molecule has 0 fully saturated rings. The van der Waals surface area contributed by atoms with Crippen LogP contribution in [0.3, 0.4) is 0 Å². The van der Waals surface area contributed by atoms with Crippen molar-refractivity contribution in [3.05, 3.63) is 200 Å². The van der Waals surface area contributed by atoms with Crippen LogP contribution in [0.25, 0.3) is 88.0 Å². The molecule has 0 N–H and O–H groups in total. The van der Waals surface area contributed by atoms with Gasteiger partial charge in [-0.1, -0.05) is 133 Å². The van der Waals surface area contributed by atoms with Crippen LogP contribution < -0.4 is 4.90 Å². The molecule has 11 aromatic rings. The fourth-order valence-corrected chi connectivity index (χ4v) is 8.21. The lowest BCUT2D eigenvalue weighted by Gasteiger charge is -2.28. The van der Waals surface area contributed by atoms with Crippen LogP contribution in [0.15, 0.2) is 209 Å². The number of rotatable bonds is 6. The lowest BCUT2D eigenvalue weighted by Crippen LogP contribution is -2.11. The number of anilines is 3. The summed E-state index contributed by atoms with van der Waals surface area (Å²) in [6.07, 6.45) is 0. The van der Waals surface area contributed by atoms with Crippen LogP contribution in [0, 0.1) is 0 Å². The molecule has 3 heteroatoms. The summed E-state index contributed by atoms with van der Waals surface area (Å²) >= 11 is 0. The van der Waals surface area contributed by atoms with Crippen LogP contribution in [0.5, 0.6) is 0 Å². The molecule has 11 rings (SSSR count). The van der Waals surface area contributed by atoms with E-state index in [1.165, 1.54) is 0 Å². The molecule has 0 amide bonds. The highest BCUT2D eigenvalue weighted by Gasteiger charge is 2.22. The van der Waals surface area contributed by atoms with E-state index < -0.39 is 0 Å². The van der Waals surface area contributed by atoms with Crippen LogP contribution in [0.2, 0.25) is 0 Å². The average molecular weight is 704 g/mol. The first kappa shape index (κ1) is 31.2. The van der Waals surface area contributed by atoms with Gasteiger partial charge in [-0.2, -0.15) is 0 Å². The summed E-state index contributed by atoms with van der Waals surface area (Å²) in [4.78, 5) is 2.40. The molecule has 0 saturated carbocycles. The van der Waals surface area contributed by atoms with E-state index in [0.29, 0.717) is 0 Å². The van der Waals surface area contributed by atoms with E-state index in [2.05, 4.69) is 193 Å². The van der Waals surface area contributed by atoms with Crippen molar-refractivity contribution in [2.75, 3.05) is 4.90 Å². The monoisotopic (exact) mass is 703 g/mol. The van der Waals surface area contributed by atoms with Crippen molar-refractivity contribution in [2.45, 2.75) is 0 Å². The van der Waals surface area contributed by atoms with Gasteiger partial charge < -0.3 is 13.7 Å². The predicted octanol–water partition coefficient (Wildman–Crippen LogP) is 15.1. The summed E-state index contributed by atoms with van der Waals surface area (Å²) in [6.45, 7) is 0. The topological polar surface area (TPSA) is 29.5 Å². The van der Waals surface area contributed by atoms with Crippen LogP contribution >= 0.6 is 0 Å². The van der Waals surface area contributed by atoms with Crippen LogP contribution in [-0.2, 0) is 0 Å². The molecule has 0 radical (unpaired) electrons. The van der Waals surface area contributed by atoms with Gasteiger partial charge in [0.25, 0.3) is 0 Å². The highest BCUT2D eigenvalue weighted by molar-refractivity contribution is 6.19. The van der Waals surface area contributed by atoms with Gasteiger partial charge in [-0.25, -0.2) is 0 Å². The van der Waals surface area contributed by atoms with Gasteiger partial charge in [0.2, 0.25) is 0 Å². The number of benzene rings is 9. The van der Waals surface area contributed by atoms with Crippen molar-refractivity contribution < 1.29 is 8.83 Å². The van der Waals surface area contributed by atoms with Gasteiger partial charge in [-0.3, -0.25) is 0 Å². The number of furan rings is 2. The zero-order valence-corrected chi connectivity index (χ0v) is 29.8. The lowest BCUT2D eigenvalue weighted by atomic mass is 9.96. The van der Waals surface area contributed by atoms with Gasteiger partial charge in [0.05, 0.1) is 11.1 Å². The van der Waals surface area contributed by atoms with Crippen molar-refractivity contribution >= 4 is 71.7 Å². The molecular weight excluding hydrogens is 671 g/mol. The quantitative estimate of drug-likeness (QED) is 0.173. The smallest absolute Gasteiger partial charge is 0.143 e. The second-order valence-electron chi connectivity index (χ2n) is 14.1. The van der Waals surface area contributed by atoms with Gasteiger partial charge in [-0.15, -0.1) is 0 Å². The Morgan fingerprint density at radius 1 is 0.309 bits per heavy atom. The SMILES string of the molecule is c1ccc(-c2cc(-c3ccccc3)cc(N(c3cccc(-c4ccc5oc6ccccc6c5c4)c3)c3cccc4oc5c6ccccc6ccc5c34)c2)cc1. The third-order valence-corrected chi connectivity index (χ3v) is 10.8. The average Bonchev–Trinajstić information content (AvgIpc) is 3.83. The third kappa shape index (κ3) is 5.28. The highest BCUT2D eigenvalue weighted by atomic mass is 16.3. The molecule has 0 saturated heterocycles. The Morgan fingerprint density at radius 2 is 0.927 bits per heavy atom. The Bertz CT molecular complexity index is 3150. The number of fused-ring (bicyclic) bond motifs is 8. The second-order valence-corrected chi connectivity index (χ2v) is 14.1. The van der Waals surface area contributed by atoms with Crippen molar-refractivity contribution in [3.63, 3.8) is 0 Å². The number of para-hydroxylation sites is 1. The van der Waals surface area contributed by atoms with Crippen LogP contribution in [0.1, 0.15) is 0 Å². The van der Waals surface area contributed by atoms with E-state index in [1.54, 1.807) is 0 Å². The van der Waals surface area contributed by atoms with Crippen LogP contribution in [-0.4, -0.2) is 0 Å². The molecule has 55 heavy (non-hydrogen) atoms. The Kier molecular flexibility index (Phi) is 7.17. The Morgan fingerprint density at radius 3 is 1.73 bits per heavy atom. The third-order valence-electron chi connectivity index (χ3n) is 10.8. The maximum absolute atomic E-state index is 6.74. The summed E-state index contributed by atoms with van der Waals surface area (Å²) in [6, 6.07) is 71.1. The van der Waals surface area contributed by atoms with Crippen molar-refractivity contribution in [2.24, 2.45) is 0 Å². The van der Waals surface area contributed by atoms with Crippen LogP contribution in [0.4, 0.5) is 17.1 Å². The Labute approximate surface area is 317 Å². The summed E-state index contributed by atoms with van der Waals surface area (Å²) in [5.41, 5.74) is 13.5. The first-order chi connectivity index (χ1) is 27.2. The maximum atomic E-state index is 6.74. The second kappa shape index (κ2) is 12.6. The standard InChI is InChI=1S/C52H33NO2/c1-3-13-34(14-4-1)39-29-40(35-15-5-2-6-16-35)32-42(31-39)53(47-22-12-24-50-51(47)45-27-25-36-17-7-8-20-43(36)52(45)55-50)41-19-11-18-37(30-41)38-26-28-49-46(33-38)44-21-9-10-23-48(44)54-49/h1-33H. The number of hydrogen-bond acceptors (Lipinski definition) is 3. The summed E-state index contributed by atoms with van der Waals surface area (Å²) in [5, 5.41) is 6.66. The molecule has 0 aliphatic carbocycles. The predicted molar refractivity (Wildman–Crippen MR) is 229 cm³/mol. The van der Waals surface area contributed by atoms with E-state index in [9.17, 15) is 0 Å². The summed E-state index contributed by atoms with van der Waals surface area (Å²) in [7, 11) is 0. The minimum Gasteiger partial charge on any atom is -0.456 e. The van der Waals surface area contributed by atoms with Gasteiger partial charge in [0, 0.05) is 32.9 Å². The zero-order valence-electron chi connectivity index (χ0n) is 29.8. The molecule has 3 nitrogen and oxygen atoms in total. The molecule has 0 aliphatic rings. The van der Waals surface area contributed by atoms with E-state index in [1.807, 2.05) is 12.1 Å². The molecule has 9 aromatic carbocycles. The number of hydrogen-bond donors (Lipinski definition) is 0. The van der Waals surface area contributed by atoms with E-state index in [0.717, 1.165) is 105 Å². The molecule has 2 heterocycles. The van der Waals surface area contributed by atoms with Crippen molar-refractivity contribution in [3.8, 4) is 33.4 Å². The summed E-state index contributed by atoms with van der Waals surface area (Å²) in [5.74, 6) is 0. The van der Waals surface area contributed by atoms with Crippen molar-refractivity contribution in [1.29, 1.82) is 0 Å². The lowest BCUT2D eigenvalue weighted by molar-refractivity contribution is 0.669. The molecular formula is C52H33NO2. The van der Waals surface area contributed by atoms with Gasteiger partial charge in [0.15, 0.2) is 0 Å². The summed E-state index contributed by atoms with van der Waals surface area (Å²) < 4.78 is 12.9. The van der Waals surface area contributed by atoms with Gasteiger partial charge in [-0.05, 0) is 105 Å². The minimum atomic E-state index is 0.852. The van der Waals surface area contributed by atoms with Gasteiger partial charge >= 0.3 is 0 Å². The molecule has 2 aromatic heterocycles. The molecule has 0 spiro atoms. The van der Waals surface area contributed by atoms with E-state index in [4.69, 9.17) is 8.83 Å². The number of nitrogens with zero attached hydrogens (tertiary/aromatic N) is 1. The Hall–Kier alpha value is -7.36. The maximum Gasteiger partial charge on any atom is 0.143 e. The zero-order chi connectivity index (χ0) is 36.3. The van der Waals surface area contributed by atoms with Gasteiger partial charge in [0.1, 0.15) is 22.3 Å². The van der Waals surface area contributed by atoms with E-state index in [-0.39, 0.29) is 0 Å². The molecule has 0 atom stereocenters. The largest absolute Gasteiger partial charge is 0.456 e. The fourth-order valence-electron chi connectivity index (χ4n) is 8.21. The first-order valence-corrected chi connectivity index (χ1v) is 18.7. The highest BCUT2D eigenvalue weighted by Crippen LogP contribution is 2.46. The molecule has 0 aliphatic heterocycles. The molecule has 258 valence electrons. The fraction of sp³-hybridized carbons (Fsp3) is 0. The van der Waals surface area contributed by atoms with Crippen molar-refractivity contribution in [1.82, 2.24) is 0 Å². The van der Waals surface area contributed by atoms with E-state index >= 15 is 0 Å². The molecule has 0 unspecified atom stereocenters. The minimum absolute atomic E-state index is 0.852. The normalized spacial score (nSPS) is 11.6. The molecule has 0 bridgehead atoms.